The molecule has 0 bridgehead atoms. The molecular weight excluding hydrogens is 218 g/mol. The molecule has 4 nitrogen and oxygen atoms in total. The van der Waals surface area contributed by atoms with Crippen LogP contribution in [0.25, 0.3) is 0 Å². The van der Waals surface area contributed by atoms with Crippen molar-refractivity contribution in [2.75, 3.05) is 6.54 Å². The first-order valence-corrected chi connectivity index (χ1v) is 6.14. The molecule has 0 aromatic carbocycles. The van der Waals surface area contributed by atoms with Gasteiger partial charge in [0.25, 0.3) is 0 Å². The number of hydrogen-bond donors (Lipinski definition) is 1. The average Bonchev–Trinajstić information content (AvgIpc) is 2.62. The van der Waals surface area contributed by atoms with Crippen LogP contribution in [0.1, 0.15) is 46.5 Å². The van der Waals surface area contributed by atoms with Gasteiger partial charge in [-0.1, -0.05) is 18.9 Å². The fourth-order valence-corrected chi connectivity index (χ4v) is 2.53. The van der Waals surface area contributed by atoms with Crippen LogP contribution in [0.2, 0.25) is 0 Å². The zero-order chi connectivity index (χ0) is 13.1. The standard InChI is InChI=1S/C13H21NO3/c1-4-6-13(12(16)17)7-5-8-14(13)11(15)9-10(2)3/h9H,4-8H2,1-3H3,(H,16,17). The Hall–Kier alpha value is -1.32. The molecule has 0 radical (unpaired) electrons. The molecule has 1 unspecified atom stereocenters. The summed E-state index contributed by atoms with van der Waals surface area (Å²) in [6.45, 7) is 6.19. The van der Waals surface area contributed by atoms with Crippen LogP contribution in [-0.2, 0) is 9.59 Å². The molecule has 0 aliphatic carbocycles. The molecule has 1 aliphatic rings. The van der Waals surface area contributed by atoms with Crippen molar-refractivity contribution in [1.82, 2.24) is 4.90 Å². The molecule has 0 aromatic rings. The fourth-order valence-electron chi connectivity index (χ4n) is 2.53. The third-order valence-corrected chi connectivity index (χ3v) is 3.23. The molecule has 0 aromatic heterocycles. The van der Waals surface area contributed by atoms with Crippen LogP contribution >= 0.6 is 0 Å². The summed E-state index contributed by atoms with van der Waals surface area (Å²) in [6, 6.07) is 0. The van der Waals surface area contributed by atoms with Crippen molar-refractivity contribution < 1.29 is 14.7 Å². The highest BCUT2D eigenvalue weighted by Crippen LogP contribution is 2.34. The first-order valence-electron chi connectivity index (χ1n) is 6.14. The zero-order valence-corrected chi connectivity index (χ0v) is 10.8. The number of allylic oxidation sites excluding steroid dienone is 1. The number of carboxylic acid groups (broad SMARTS) is 1. The van der Waals surface area contributed by atoms with Gasteiger partial charge in [-0.2, -0.15) is 0 Å². The number of carbonyl (C=O) groups excluding carboxylic acids is 1. The van der Waals surface area contributed by atoms with E-state index in [1.54, 1.807) is 0 Å². The summed E-state index contributed by atoms with van der Waals surface area (Å²) < 4.78 is 0. The Morgan fingerprint density at radius 1 is 1.41 bits per heavy atom. The summed E-state index contributed by atoms with van der Waals surface area (Å²) in [5.74, 6) is -1.04. The lowest BCUT2D eigenvalue weighted by molar-refractivity contribution is -0.155. The lowest BCUT2D eigenvalue weighted by Crippen LogP contribution is -2.52. The van der Waals surface area contributed by atoms with Gasteiger partial charge < -0.3 is 10.0 Å². The summed E-state index contributed by atoms with van der Waals surface area (Å²) in [6.07, 6.45) is 4.17. The van der Waals surface area contributed by atoms with Crippen LogP contribution in [0.3, 0.4) is 0 Å². The van der Waals surface area contributed by atoms with Gasteiger partial charge in [-0.3, -0.25) is 4.79 Å². The van der Waals surface area contributed by atoms with E-state index >= 15 is 0 Å². The van der Waals surface area contributed by atoms with Crippen molar-refractivity contribution in [3.8, 4) is 0 Å². The molecule has 1 rings (SSSR count). The SMILES string of the molecule is CCCC1(C(=O)O)CCCN1C(=O)C=C(C)C. The Balaban J connectivity index is 3.00. The van der Waals surface area contributed by atoms with Crippen molar-refractivity contribution in [3.05, 3.63) is 11.6 Å². The van der Waals surface area contributed by atoms with Gasteiger partial charge in [-0.25, -0.2) is 4.79 Å². The van der Waals surface area contributed by atoms with Gasteiger partial charge in [-0.05, 0) is 33.1 Å². The topological polar surface area (TPSA) is 57.6 Å². The van der Waals surface area contributed by atoms with Crippen molar-refractivity contribution in [1.29, 1.82) is 0 Å². The zero-order valence-electron chi connectivity index (χ0n) is 10.8. The number of rotatable bonds is 4. The average molecular weight is 239 g/mol. The quantitative estimate of drug-likeness (QED) is 0.765. The number of carbonyl (C=O) groups is 2. The van der Waals surface area contributed by atoms with Crippen molar-refractivity contribution in [2.45, 2.75) is 52.0 Å². The van der Waals surface area contributed by atoms with E-state index < -0.39 is 11.5 Å². The maximum atomic E-state index is 12.0. The van der Waals surface area contributed by atoms with E-state index in [0.717, 1.165) is 18.4 Å². The Morgan fingerprint density at radius 3 is 2.53 bits per heavy atom. The highest BCUT2D eigenvalue weighted by atomic mass is 16.4. The monoisotopic (exact) mass is 239 g/mol. The minimum atomic E-state index is -0.974. The van der Waals surface area contributed by atoms with Gasteiger partial charge in [0, 0.05) is 12.6 Å². The molecule has 1 N–H and O–H groups in total. The Bertz CT molecular complexity index is 345. The first kappa shape index (κ1) is 13.7. The molecule has 17 heavy (non-hydrogen) atoms. The van der Waals surface area contributed by atoms with Gasteiger partial charge in [0.1, 0.15) is 5.54 Å². The number of carboxylic acids is 1. The Labute approximate surface area is 102 Å². The number of nitrogens with zero attached hydrogens (tertiary/aromatic N) is 1. The predicted octanol–water partition coefficient (Wildman–Crippen LogP) is 2.20. The third kappa shape index (κ3) is 2.68. The normalized spacial score (nSPS) is 23.6. The van der Waals surface area contributed by atoms with Crippen LogP contribution in [0.4, 0.5) is 0 Å². The molecule has 1 aliphatic heterocycles. The molecule has 1 fully saturated rings. The highest BCUT2D eigenvalue weighted by molar-refractivity contribution is 5.94. The number of hydrogen-bond acceptors (Lipinski definition) is 2. The number of amides is 1. The molecule has 4 heteroatoms. The third-order valence-electron chi connectivity index (χ3n) is 3.23. The largest absolute Gasteiger partial charge is 0.479 e. The number of likely N-dealkylation sites (tertiary alicyclic amines) is 1. The van der Waals surface area contributed by atoms with E-state index in [2.05, 4.69) is 0 Å². The lowest BCUT2D eigenvalue weighted by atomic mass is 9.90. The highest BCUT2D eigenvalue weighted by Gasteiger charge is 2.48. The van der Waals surface area contributed by atoms with Crippen molar-refractivity contribution >= 4 is 11.9 Å². The fraction of sp³-hybridized carbons (Fsp3) is 0.692. The van der Waals surface area contributed by atoms with Gasteiger partial charge in [0.05, 0.1) is 0 Å². The minimum Gasteiger partial charge on any atom is -0.479 e. The van der Waals surface area contributed by atoms with E-state index in [4.69, 9.17) is 0 Å². The van der Waals surface area contributed by atoms with Gasteiger partial charge in [-0.15, -0.1) is 0 Å². The van der Waals surface area contributed by atoms with Crippen LogP contribution in [0.15, 0.2) is 11.6 Å². The van der Waals surface area contributed by atoms with E-state index in [-0.39, 0.29) is 5.91 Å². The molecule has 96 valence electrons. The maximum Gasteiger partial charge on any atom is 0.329 e. The van der Waals surface area contributed by atoms with Crippen molar-refractivity contribution in [3.63, 3.8) is 0 Å². The van der Waals surface area contributed by atoms with Crippen LogP contribution in [0, 0.1) is 0 Å². The van der Waals surface area contributed by atoms with Gasteiger partial charge in [0.15, 0.2) is 0 Å². The molecule has 1 amide bonds. The summed E-state index contributed by atoms with van der Waals surface area (Å²) in [5, 5.41) is 9.43. The summed E-state index contributed by atoms with van der Waals surface area (Å²) in [7, 11) is 0. The van der Waals surface area contributed by atoms with E-state index in [0.29, 0.717) is 19.4 Å². The number of aliphatic carboxylic acids is 1. The summed E-state index contributed by atoms with van der Waals surface area (Å²) in [5.41, 5.74) is -0.0738. The van der Waals surface area contributed by atoms with Crippen LogP contribution < -0.4 is 0 Å². The predicted molar refractivity (Wildman–Crippen MR) is 65.7 cm³/mol. The molecule has 0 spiro atoms. The summed E-state index contributed by atoms with van der Waals surface area (Å²) in [4.78, 5) is 25.1. The molecule has 1 saturated heterocycles. The second-order valence-corrected chi connectivity index (χ2v) is 4.90. The summed E-state index contributed by atoms with van der Waals surface area (Å²) >= 11 is 0. The van der Waals surface area contributed by atoms with Crippen LogP contribution in [0.5, 0.6) is 0 Å². The maximum absolute atomic E-state index is 12.0. The van der Waals surface area contributed by atoms with E-state index in [9.17, 15) is 14.7 Å². The molecule has 1 heterocycles. The molecule has 1 atom stereocenters. The Morgan fingerprint density at radius 2 is 2.06 bits per heavy atom. The van der Waals surface area contributed by atoms with E-state index in [1.807, 2.05) is 20.8 Å². The second-order valence-electron chi connectivity index (χ2n) is 4.90. The van der Waals surface area contributed by atoms with Gasteiger partial charge >= 0.3 is 5.97 Å². The molecule has 0 saturated carbocycles. The lowest BCUT2D eigenvalue weighted by Gasteiger charge is -2.34. The molecular formula is C13H21NO3. The van der Waals surface area contributed by atoms with E-state index in [1.165, 1.54) is 11.0 Å². The second kappa shape index (κ2) is 5.34. The Kier molecular flexibility index (Phi) is 4.32. The van der Waals surface area contributed by atoms with Gasteiger partial charge in [0.2, 0.25) is 5.91 Å². The van der Waals surface area contributed by atoms with Crippen LogP contribution in [-0.4, -0.2) is 34.0 Å². The smallest absolute Gasteiger partial charge is 0.329 e. The first-order chi connectivity index (χ1) is 7.94. The van der Waals surface area contributed by atoms with Crippen molar-refractivity contribution in [2.24, 2.45) is 0 Å². The minimum absolute atomic E-state index is 0.168.